The van der Waals surface area contributed by atoms with Crippen molar-refractivity contribution in [2.24, 2.45) is 0 Å². The molecule has 0 radical (unpaired) electrons. The molecule has 0 aliphatic carbocycles. The van der Waals surface area contributed by atoms with Crippen molar-refractivity contribution >= 4 is 17.6 Å². The third-order valence-electron chi connectivity index (χ3n) is 2.59. The molecule has 0 atom stereocenters. The minimum Gasteiger partial charge on any atom is -0.465 e. The lowest BCUT2D eigenvalue weighted by molar-refractivity contribution is 0.0595. The molecular formula is C13H10ClFN2O2. The number of methoxy groups -OCH3 is 1. The maximum absolute atomic E-state index is 13.8. The van der Waals surface area contributed by atoms with Crippen molar-refractivity contribution in [1.29, 1.82) is 0 Å². The minimum atomic E-state index is -0.721. The first-order valence-electron chi connectivity index (χ1n) is 5.40. The van der Waals surface area contributed by atoms with Crippen LogP contribution < -0.4 is 0 Å². The summed E-state index contributed by atoms with van der Waals surface area (Å²) in [7, 11) is 1.20. The van der Waals surface area contributed by atoms with Gasteiger partial charge in [0.2, 0.25) is 5.28 Å². The van der Waals surface area contributed by atoms with Gasteiger partial charge in [-0.1, -0.05) is 6.07 Å². The molecular weight excluding hydrogens is 271 g/mol. The van der Waals surface area contributed by atoms with E-state index in [9.17, 15) is 9.18 Å². The Morgan fingerprint density at radius 2 is 2.16 bits per heavy atom. The van der Waals surface area contributed by atoms with Gasteiger partial charge in [0.15, 0.2) is 0 Å². The van der Waals surface area contributed by atoms with Crippen molar-refractivity contribution in [3.8, 4) is 11.3 Å². The predicted octanol–water partition coefficient (Wildman–Crippen LogP) is 3.03. The van der Waals surface area contributed by atoms with Gasteiger partial charge in [0.05, 0.1) is 18.4 Å². The number of aryl methyl sites for hydroxylation is 1. The first-order valence-corrected chi connectivity index (χ1v) is 5.78. The molecule has 0 aliphatic rings. The summed E-state index contributed by atoms with van der Waals surface area (Å²) in [6, 6.07) is 4.16. The number of ether oxygens (including phenoxy) is 1. The van der Waals surface area contributed by atoms with E-state index in [2.05, 4.69) is 14.7 Å². The lowest BCUT2D eigenvalue weighted by atomic mass is 10.1. The summed E-state index contributed by atoms with van der Waals surface area (Å²) in [5, 5.41) is 0.0815. The van der Waals surface area contributed by atoms with Gasteiger partial charge in [0, 0.05) is 11.8 Å². The van der Waals surface area contributed by atoms with Gasteiger partial charge in [-0.2, -0.15) is 0 Å². The summed E-state index contributed by atoms with van der Waals surface area (Å²) in [6.45, 7) is 1.79. The molecule has 0 saturated heterocycles. The van der Waals surface area contributed by atoms with Gasteiger partial charge in [0.1, 0.15) is 5.82 Å². The first kappa shape index (κ1) is 13.4. The van der Waals surface area contributed by atoms with Crippen molar-refractivity contribution in [3.05, 3.63) is 46.6 Å². The van der Waals surface area contributed by atoms with E-state index < -0.39 is 11.8 Å². The molecule has 0 unspecified atom stereocenters. The molecule has 0 aliphatic heterocycles. The Balaban J connectivity index is 2.50. The number of hydrogen-bond acceptors (Lipinski definition) is 4. The Morgan fingerprint density at radius 1 is 1.42 bits per heavy atom. The lowest BCUT2D eigenvalue weighted by Crippen LogP contribution is -2.04. The average molecular weight is 281 g/mol. The molecule has 0 N–H and O–H groups in total. The van der Waals surface area contributed by atoms with Gasteiger partial charge in [-0.3, -0.25) is 0 Å². The zero-order valence-corrected chi connectivity index (χ0v) is 11.0. The van der Waals surface area contributed by atoms with Crippen molar-refractivity contribution in [3.63, 3.8) is 0 Å². The van der Waals surface area contributed by atoms with Crippen LogP contribution in [0.1, 0.15) is 15.9 Å². The molecule has 19 heavy (non-hydrogen) atoms. The predicted molar refractivity (Wildman–Crippen MR) is 68.5 cm³/mol. The van der Waals surface area contributed by atoms with Gasteiger partial charge in [-0.25, -0.2) is 19.2 Å². The van der Waals surface area contributed by atoms with Crippen LogP contribution in [-0.2, 0) is 4.74 Å². The smallest absolute Gasteiger partial charge is 0.340 e. The van der Waals surface area contributed by atoms with Gasteiger partial charge in [0.25, 0.3) is 0 Å². The Labute approximate surface area is 114 Å². The van der Waals surface area contributed by atoms with Gasteiger partial charge in [-0.15, -0.1) is 0 Å². The third kappa shape index (κ3) is 2.71. The molecule has 1 aromatic heterocycles. The van der Waals surface area contributed by atoms with Crippen molar-refractivity contribution in [2.75, 3.05) is 7.11 Å². The highest BCUT2D eigenvalue weighted by atomic mass is 35.5. The second-order valence-electron chi connectivity index (χ2n) is 3.86. The Bertz CT molecular complexity index is 647. The van der Waals surface area contributed by atoms with E-state index in [-0.39, 0.29) is 10.8 Å². The summed E-state index contributed by atoms with van der Waals surface area (Å²) < 4.78 is 18.3. The number of carbonyl (C=O) groups excluding carboxylic acids is 1. The fourth-order valence-corrected chi connectivity index (χ4v) is 1.78. The maximum atomic E-state index is 13.8. The number of hydrogen-bond donors (Lipinski definition) is 0. The molecule has 2 aromatic rings. The van der Waals surface area contributed by atoms with Crippen LogP contribution in [0.2, 0.25) is 5.28 Å². The van der Waals surface area contributed by atoms with Crippen LogP contribution in [-0.4, -0.2) is 23.0 Å². The molecule has 1 heterocycles. The van der Waals surface area contributed by atoms with Crippen LogP contribution in [0.4, 0.5) is 4.39 Å². The monoisotopic (exact) mass is 280 g/mol. The van der Waals surface area contributed by atoms with Crippen LogP contribution in [0.15, 0.2) is 24.4 Å². The highest BCUT2D eigenvalue weighted by Gasteiger charge is 2.14. The summed E-state index contributed by atoms with van der Waals surface area (Å²) in [4.78, 5) is 19.2. The molecule has 0 bridgehead atoms. The Kier molecular flexibility index (Phi) is 3.76. The zero-order chi connectivity index (χ0) is 14.0. The van der Waals surface area contributed by atoms with Crippen molar-refractivity contribution < 1.29 is 13.9 Å². The third-order valence-corrected chi connectivity index (χ3v) is 2.77. The van der Waals surface area contributed by atoms with E-state index in [1.807, 2.05) is 0 Å². The minimum absolute atomic E-state index is 0.0815. The Hall–Kier alpha value is -2.01. The molecule has 4 nitrogen and oxygen atoms in total. The van der Waals surface area contributed by atoms with Crippen LogP contribution in [0.25, 0.3) is 11.3 Å². The number of aromatic nitrogens is 2. The van der Waals surface area contributed by atoms with Crippen LogP contribution in [0.3, 0.4) is 0 Å². The molecule has 98 valence electrons. The quantitative estimate of drug-likeness (QED) is 0.627. The SMILES string of the molecule is COC(=O)c1ccc(-c2nc(Cl)ncc2C)cc1F. The standard InChI is InChI=1S/C13H10ClFN2O2/c1-7-6-16-13(14)17-11(7)8-3-4-9(10(15)5-8)12(18)19-2/h3-6H,1-2H3. The number of esters is 1. The van der Waals surface area contributed by atoms with E-state index in [0.717, 1.165) is 5.56 Å². The highest BCUT2D eigenvalue weighted by Crippen LogP contribution is 2.24. The van der Waals surface area contributed by atoms with Crippen molar-refractivity contribution in [1.82, 2.24) is 9.97 Å². The van der Waals surface area contributed by atoms with E-state index in [1.165, 1.54) is 19.2 Å². The summed E-state index contributed by atoms with van der Waals surface area (Å²) in [5.41, 5.74) is 1.68. The topological polar surface area (TPSA) is 52.1 Å². The van der Waals surface area contributed by atoms with Gasteiger partial charge >= 0.3 is 5.97 Å². The van der Waals surface area contributed by atoms with Crippen LogP contribution in [0.5, 0.6) is 0 Å². The second kappa shape index (κ2) is 5.32. The van der Waals surface area contributed by atoms with E-state index >= 15 is 0 Å². The number of rotatable bonds is 2. The molecule has 0 saturated carbocycles. The molecule has 0 amide bonds. The molecule has 1 aromatic carbocycles. The fourth-order valence-electron chi connectivity index (χ4n) is 1.65. The maximum Gasteiger partial charge on any atom is 0.340 e. The lowest BCUT2D eigenvalue weighted by Gasteiger charge is -2.07. The molecule has 0 fully saturated rings. The molecule has 2 rings (SSSR count). The Morgan fingerprint density at radius 3 is 2.79 bits per heavy atom. The highest BCUT2D eigenvalue weighted by molar-refractivity contribution is 6.28. The number of benzene rings is 1. The molecule has 0 spiro atoms. The van der Waals surface area contributed by atoms with Crippen molar-refractivity contribution in [2.45, 2.75) is 6.92 Å². The van der Waals surface area contributed by atoms with E-state index in [0.29, 0.717) is 11.3 Å². The normalized spacial score (nSPS) is 10.3. The number of carbonyl (C=O) groups is 1. The summed E-state index contributed by atoms with van der Waals surface area (Å²) >= 11 is 5.72. The molecule has 6 heteroatoms. The largest absolute Gasteiger partial charge is 0.465 e. The fraction of sp³-hybridized carbons (Fsp3) is 0.154. The van der Waals surface area contributed by atoms with Crippen LogP contribution in [0, 0.1) is 12.7 Å². The first-order chi connectivity index (χ1) is 9.02. The summed E-state index contributed by atoms with van der Waals surface area (Å²) in [6.07, 6.45) is 1.55. The number of nitrogens with zero attached hydrogens (tertiary/aromatic N) is 2. The number of halogens is 2. The zero-order valence-electron chi connectivity index (χ0n) is 10.3. The van der Waals surface area contributed by atoms with Gasteiger partial charge < -0.3 is 4.74 Å². The second-order valence-corrected chi connectivity index (χ2v) is 4.19. The van der Waals surface area contributed by atoms with Gasteiger partial charge in [-0.05, 0) is 36.2 Å². The summed E-state index contributed by atoms with van der Waals surface area (Å²) in [5.74, 6) is -1.39. The van der Waals surface area contributed by atoms with Crippen LogP contribution >= 0.6 is 11.6 Å². The average Bonchev–Trinajstić information content (AvgIpc) is 2.40. The van der Waals surface area contributed by atoms with E-state index in [4.69, 9.17) is 11.6 Å². The van der Waals surface area contributed by atoms with E-state index in [1.54, 1.807) is 19.2 Å².